The van der Waals surface area contributed by atoms with Gasteiger partial charge in [-0.15, -0.1) is 0 Å². The van der Waals surface area contributed by atoms with Gasteiger partial charge in [-0.1, -0.05) is 36.4 Å². The molecule has 1 N–H and O–H groups in total. The maximum absolute atomic E-state index is 13.3. The summed E-state index contributed by atoms with van der Waals surface area (Å²) in [5.74, 6) is 0.332. The zero-order valence-electron chi connectivity index (χ0n) is 17.4. The van der Waals surface area contributed by atoms with Crippen molar-refractivity contribution < 1.29 is 19.4 Å². The van der Waals surface area contributed by atoms with Gasteiger partial charge in [0.25, 0.3) is 0 Å². The predicted octanol–water partition coefficient (Wildman–Crippen LogP) is 4.15. The van der Waals surface area contributed by atoms with E-state index < -0.39 is 11.4 Å². The lowest BCUT2D eigenvalue weighted by Crippen LogP contribution is -2.47. The standard InChI is InChI=1S/C24H29NO4/c1-24(2,20-10-6-7-11-21(20)29-3)23(28)25-14-12-17(13-15-25)16-18-8-4-5-9-19(18)22(26)27/h4-11,17H,12-16H2,1-3H3,(H,26,27). The Morgan fingerprint density at radius 2 is 1.69 bits per heavy atom. The van der Waals surface area contributed by atoms with Gasteiger partial charge in [0.15, 0.2) is 0 Å². The second-order valence-corrected chi connectivity index (χ2v) is 8.23. The summed E-state index contributed by atoms with van der Waals surface area (Å²) in [6.45, 7) is 5.28. The number of carbonyl (C=O) groups excluding carboxylic acids is 1. The topological polar surface area (TPSA) is 66.8 Å². The number of carboxylic acids is 1. The Balaban J connectivity index is 1.66. The first kappa shape index (κ1) is 20.9. The van der Waals surface area contributed by atoms with Crippen molar-refractivity contribution in [1.29, 1.82) is 0 Å². The second kappa shape index (κ2) is 8.68. The molecule has 0 aromatic heterocycles. The van der Waals surface area contributed by atoms with Gasteiger partial charge in [-0.25, -0.2) is 4.79 Å². The largest absolute Gasteiger partial charge is 0.496 e. The van der Waals surface area contributed by atoms with Gasteiger partial charge in [0.2, 0.25) is 5.91 Å². The lowest BCUT2D eigenvalue weighted by atomic mass is 9.81. The zero-order chi connectivity index (χ0) is 21.0. The van der Waals surface area contributed by atoms with E-state index in [-0.39, 0.29) is 5.91 Å². The number of nitrogens with zero attached hydrogens (tertiary/aromatic N) is 1. The number of para-hydroxylation sites is 1. The molecule has 0 aliphatic carbocycles. The number of benzene rings is 2. The van der Waals surface area contributed by atoms with Crippen LogP contribution in [0.5, 0.6) is 5.75 Å². The van der Waals surface area contributed by atoms with Gasteiger partial charge in [0, 0.05) is 18.7 Å². The van der Waals surface area contributed by atoms with Crippen LogP contribution in [0.1, 0.15) is 48.2 Å². The van der Waals surface area contributed by atoms with Crippen molar-refractivity contribution >= 4 is 11.9 Å². The minimum Gasteiger partial charge on any atom is -0.496 e. The van der Waals surface area contributed by atoms with E-state index in [0.29, 0.717) is 24.6 Å². The van der Waals surface area contributed by atoms with E-state index in [1.165, 1.54) is 0 Å². The number of carboxylic acid groups (broad SMARTS) is 1. The summed E-state index contributed by atoms with van der Waals surface area (Å²) < 4.78 is 5.46. The third kappa shape index (κ3) is 4.44. The van der Waals surface area contributed by atoms with Crippen molar-refractivity contribution in [3.8, 4) is 5.75 Å². The molecule has 2 aromatic carbocycles. The molecule has 0 saturated carbocycles. The van der Waals surface area contributed by atoms with Crippen molar-refractivity contribution in [1.82, 2.24) is 4.90 Å². The zero-order valence-corrected chi connectivity index (χ0v) is 17.4. The molecule has 3 rings (SSSR count). The maximum atomic E-state index is 13.3. The van der Waals surface area contributed by atoms with Crippen LogP contribution in [0.25, 0.3) is 0 Å². The van der Waals surface area contributed by atoms with Crippen molar-refractivity contribution in [3.05, 3.63) is 65.2 Å². The first-order chi connectivity index (χ1) is 13.8. The van der Waals surface area contributed by atoms with Crippen LogP contribution in [0.4, 0.5) is 0 Å². The summed E-state index contributed by atoms with van der Waals surface area (Å²) >= 11 is 0. The van der Waals surface area contributed by atoms with E-state index in [2.05, 4.69) is 0 Å². The van der Waals surface area contributed by atoms with E-state index in [1.807, 2.05) is 55.1 Å². The monoisotopic (exact) mass is 395 g/mol. The number of methoxy groups -OCH3 is 1. The molecule has 1 aliphatic heterocycles. The Morgan fingerprint density at radius 1 is 1.07 bits per heavy atom. The molecule has 0 radical (unpaired) electrons. The fourth-order valence-corrected chi connectivity index (χ4v) is 4.23. The molecule has 1 aliphatic rings. The fourth-order valence-electron chi connectivity index (χ4n) is 4.23. The van der Waals surface area contributed by atoms with Crippen molar-refractivity contribution in [3.63, 3.8) is 0 Å². The Labute approximate surface area is 172 Å². The van der Waals surface area contributed by atoms with E-state index in [0.717, 1.165) is 36.1 Å². The highest BCUT2D eigenvalue weighted by molar-refractivity contribution is 5.89. The Bertz CT molecular complexity index is 882. The third-order valence-electron chi connectivity index (χ3n) is 5.97. The number of likely N-dealkylation sites (tertiary alicyclic amines) is 1. The van der Waals surface area contributed by atoms with Crippen molar-refractivity contribution in [2.24, 2.45) is 5.92 Å². The highest BCUT2D eigenvalue weighted by Gasteiger charge is 2.37. The van der Waals surface area contributed by atoms with Crippen molar-refractivity contribution in [2.45, 2.75) is 38.5 Å². The highest BCUT2D eigenvalue weighted by Crippen LogP contribution is 2.34. The predicted molar refractivity (Wildman–Crippen MR) is 112 cm³/mol. The molecule has 5 nitrogen and oxygen atoms in total. The lowest BCUT2D eigenvalue weighted by Gasteiger charge is -2.37. The minimum atomic E-state index is -0.883. The van der Waals surface area contributed by atoms with Crippen LogP contribution >= 0.6 is 0 Å². The maximum Gasteiger partial charge on any atom is 0.335 e. The molecule has 0 atom stereocenters. The molecular weight excluding hydrogens is 366 g/mol. The van der Waals surface area contributed by atoms with Crippen LogP contribution in [0.15, 0.2) is 48.5 Å². The van der Waals surface area contributed by atoms with Gasteiger partial charge in [-0.2, -0.15) is 0 Å². The van der Waals surface area contributed by atoms with E-state index in [4.69, 9.17) is 4.74 Å². The van der Waals surface area contributed by atoms with E-state index in [1.54, 1.807) is 19.2 Å². The molecule has 1 amide bonds. The molecule has 2 aromatic rings. The molecule has 0 bridgehead atoms. The smallest absolute Gasteiger partial charge is 0.335 e. The fraction of sp³-hybridized carbons (Fsp3) is 0.417. The van der Waals surface area contributed by atoms with Crippen molar-refractivity contribution in [2.75, 3.05) is 20.2 Å². The lowest BCUT2D eigenvalue weighted by molar-refractivity contribution is -0.137. The van der Waals surface area contributed by atoms with Crippen LogP contribution in [-0.2, 0) is 16.6 Å². The highest BCUT2D eigenvalue weighted by atomic mass is 16.5. The van der Waals surface area contributed by atoms with E-state index >= 15 is 0 Å². The number of hydrogen-bond acceptors (Lipinski definition) is 3. The minimum absolute atomic E-state index is 0.103. The molecule has 5 heteroatoms. The van der Waals surface area contributed by atoms with Crippen LogP contribution < -0.4 is 4.74 Å². The average Bonchev–Trinajstić information content (AvgIpc) is 2.74. The van der Waals surface area contributed by atoms with Crippen LogP contribution in [0.3, 0.4) is 0 Å². The summed E-state index contributed by atoms with van der Waals surface area (Å²) in [4.78, 5) is 26.7. The van der Waals surface area contributed by atoms with Crippen LogP contribution in [-0.4, -0.2) is 42.1 Å². The normalized spacial score (nSPS) is 15.2. The number of rotatable bonds is 6. The molecule has 0 spiro atoms. The molecular formula is C24H29NO4. The Hall–Kier alpha value is -2.82. The summed E-state index contributed by atoms with van der Waals surface area (Å²) in [6.07, 6.45) is 2.49. The number of amides is 1. The number of hydrogen-bond donors (Lipinski definition) is 1. The SMILES string of the molecule is COc1ccccc1C(C)(C)C(=O)N1CCC(Cc2ccccc2C(=O)O)CC1. The van der Waals surface area contributed by atoms with Gasteiger partial charge >= 0.3 is 5.97 Å². The number of piperidine rings is 1. The number of ether oxygens (including phenoxy) is 1. The van der Waals surface area contributed by atoms with Gasteiger partial charge in [-0.05, 0) is 56.7 Å². The first-order valence-corrected chi connectivity index (χ1v) is 10.1. The summed E-state index contributed by atoms with van der Waals surface area (Å²) in [5.41, 5.74) is 1.47. The average molecular weight is 395 g/mol. The second-order valence-electron chi connectivity index (χ2n) is 8.23. The van der Waals surface area contributed by atoms with E-state index in [9.17, 15) is 14.7 Å². The molecule has 0 unspecified atom stereocenters. The molecule has 1 heterocycles. The first-order valence-electron chi connectivity index (χ1n) is 10.1. The van der Waals surface area contributed by atoms with Crippen LogP contribution in [0.2, 0.25) is 0 Å². The van der Waals surface area contributed by atoms with Gasteiger partial charge < -0.3 is 14.7 Å². The van der Waals surface area contributed by atoms with Gasteiger partial charge in [0.1, 0.15) is 5.75 Å². The number of aromatic carboxylic acids is 1. The van der Waals surface area contributed by atoms with Crippen LogP contribution in [0, 0.1) is 5.92 Å². The quantitative estimate of drug-likeness (QED) is 0.798. The molecule has 1 fully saturated rings. The molecule has 154 valence electrons. The summed E-state index contributed by atoms with van der Waals surface area (Å²) in [6, 6.07) is 14.9. The van der Waals surface area contributed by atoms with Gasteiger partial charge in [-0.3, -0.25) is 4.79 Å². The third-order valence-corrected chi connectivity index (χ3v) is 5.97. The molecule has 1 saturated heterocycles. The molecule has 29 heavy (non-hydrogen) atoms. The summed E-state index contributed by atoms with van der Waals surface area (Å²) in [7, 11) is 1.62. The summed E-state index contributed by atoms with van der Waals surface area (Å²) in [5, 5.41) is 9.39. The number of carbonyl (C=O) groups is 2. The Morgan fingerprint density at radius 3 is 2.34 bits per heavy atom. The Kier molecular flexibility index (Phi) is 6.26. The van der Waals surface area contributed by atoms with Gasteiger partial charge in [0.05, 0.1) is 18.1 Å².